The van der Waals surface area contributed by atoms with E-state index < -0.39 is 0 Å². The maximum atomic E-state index is 11.9. The molecule has 3 aliphatic rings. The smallest absolute Gasteiger partial charge is 0.334 e. The van der Waals surface area contributed by atoms with Crippen LogP contribution in [-0.2, 0) is 9.53 Å². The molecule has 0 aromatic heterocycles. The molecule has 2 nitrogen and oxygen atoms in total. The van der Waals surface area contributed by atoms with Gasteiger partial charge >= 0.3 is 5.97 Å². The standard InChI is InChI=1S/C21H31BrO2/c1-5-16-14(3)20(23)24-19(16)11-13(2)17-8-9-18-15(12-22)7-6-10-21(17,18)4/h12-13,16-19H,3,5-11H2,1-2,4H3/t13-,16+,17-,18+,19-,21-/m1/s1. The summed E-state index contributed by atoms with van der Waals surface area (Å²) in [5.41, 5.74) is 2.72. The van der Waals surface area contributed by atoms with E-state index in [1.54, 1.807) is 5.57 Å². The number of ether oxygens (including phenoxy) is 1. The van der Waals surface area contributed by atoms with Crippen molar-refractivity contribution in [1.29, 1.82) is 0 Å². The lowest BCUT2D eigenvalue weighted by molar-refractivity contribution is -0.140. The van der Waals surface area contributed by atoms with E-state index in [0.29, 0.717) is 16.9 Å². The average molecular weight is 395 g/mol. The van der Waals surface area contributed by atoms with Crippen LogP contribution >= 0.6 is 15.9 Å². The Labute approximate surface area is 155 Å². The third-order valence-corrected chi connectivity index (χ3v) is 7.91. The largest absolute Gasteiger partial charge is 0.458 e. The zero-order valence-corrected chi connectivity index (χ0v) is 16.9. The van der Waals surface area contributed by atoms with Gasteiger partial charge in [0.2, 0.25) is 0 Å². The second-order valence-corrected chi connectivity index (χ2v) is 8.93. The van der Waals surface area contributed by atoms with Crippen LogP contribution in [0.2, 0.25) is 0 Å². The van der Waals surface area contributed by atoms with E-state index in [-0.39, 0.29) is 18.0 Å². The third-order valence-electron chi connectivity index (χ3n) is 7.33. The van der Waals surface area contributed by atoms with E-state index in [9.17, 15) is 4.79 Å². The Hall–Kier alpha value is -0.570. The van der Waals surface area contributed by atoms with E-state index in [2.05, 4.69) is 48.3 Å². The molecule has 0 N–H and O–H groups in total. The highest BCUT2D eigenvalue weighted by atomic mass is 79.9. The Bertz CT molecular complexity index is 552. The number of cyclic esters (lactones) is 1. The third kappa shape index (κ3) is 2.91. The van der Waals surface area contributed by atoms with Gasteiger partial charge in [-0.2, -0.15) is 0 Å². The number of esters is 1. The number of carbonyl (C=O) groups is 1. The molecule has 24 heavy (non-hydrogen) atoms. The zero-order valence-electron chi connectivity index (χ0n) is 15.3. The number of halogens is 1. The van der Waals surface area contributed by atoms with Gasteiger partial charge in [-0.3, -0.25) is 0 Å². The summed E-state index contributed by atoms with van der Waals surface area (Å²) in [5, 5.41) is 0. The van der Waals surface area contributed by atoms with Gasteiger partial charge in [-0.1, -0.05) is 48.9 Å². The number of hydrogen-bond donors (Lipinski definition) is 0. The van der Waals surface area contributed by atoms with Crippen LogP contribution in [-0.4, -0.2) is 12.1 Å². The lowest BCUT2D eigenvalue weighted by atomic mass is 9.61. The molecular formula is C21H31BrO2. The highest BCUT2D eigenvalue weighted by molar-refractivity contribution is 9.11. The van der Waals surface area contributed by atoms with Gasteiger partial charge in [0.15, 0.2) is 0 Å². The molecule has 0 aromatic carbocycles. The summed E-state index contributed by atoms with van der Waals surface area (Å²) >= 11 is 3.60. The molecule has 2 aliphatic carbocycles. The van der Waals surface area contributed by atoms with Crippen LogP contribution in [0.25, 0.3) is 0 Å². The predicted molar refractivity (Wildman–Crippen MR) is 102 cm³/mol. The minimum absolute atomic E-state index is 0.0439. The maximum absolute atomic E-state index is 11.9. The van der Waals surface area contributed by atoms with Gasteiger partial charge < -0.3 is 4.74 Å². The van der Waals surface area contributed by atoms with Crippen LogP contribution in [0, 0.1) is 29.1 Å². The molecule has 3 heteroatoms. The number of hydrogen-bond acceptors (Lipinski definition) is 2. The Balaban J connectivity index is 1.73. The van der Waals surface area contributed by atoms with Crippen LogP contribution < -0.4 is 0 Å². The summed E-state index contributed by atoms with van der Waals surface area (Å²) in [7, 11) is 0. The molecule has 134 valence electrons. The molecule has 0 amide bonds. The van der Waals surface area contributed by atoms with Gasteiger partial charge in [0, 0.05) is 11.5 Å². The van der Waals surface area contributed by atoms with E-state index in [0.717, 1.165) is 24.7 Å². The second-order valence-electron chi connectivity index (χ2n) is 8.48. The van der Waals surface area contributed by atoms with Crippen LogP contribution in [0.15, 0.2) is 22.7 Å². The number of carbonyl (C=O) groups excluding carboxylic acids is 1. The van der Waals surface area contributed by atoms with Crippen molar-refractivity contribution in [2.45, 2.75) is 71.8 Å². The average Bonchev–Trinajstić information content (AvgIpc) is 3.04. The molecule has 0 radical (unpaired) electrons. The fourth-order valence-corrected chi connectivity index (χ4v) is 6.62. The maximum Gasteiger partial charge on any atom is 0.334 e. The first-order valence-corrected chi connectivity index (χ1v) is 10.5. The fourth-order valence-electron chi connectivity index (χ4n) is 6.07. The van der Waals surface area contributed by atoms with Crippen molar-refractivity contribution < 1.29 is 9.53 Å². The van der Waals surface area contributed by atoms with E-state index >= 15 is 0 Å². The SMILES string of the molecule is C=C1C(=O)O[C@H](C[C@@H](C)[C@H]2CC[C@H]3C(=CBr)CCC[C@]23C)[C@H]1CC. The Morgan fingerprint density at radius 1 is 1.46 bits per heavy atom. The van der Waals surface area contributed by atoms with Crippen molar-refractivity contribution in [2.75, 3.05) is 0 Å². The van der Waals surface area contributed by atoms with Crippen molar-refractivity contribution in [1.82, 2.24) is 0 Å². The van der Waals surface area contributed by atoms with Gasteiger partial charge in [0.1, 0.15) is 6.10 Å². The lowest BCUT2D eigenvalue weighted by Gasteiger charge is -2.44. The first-order valence-electron chi connectivity index (χ1n) is 9.61. The number of rotatable bonds is 4. The molecule has 3 fully saturated rings. The summed E-state index contributed by atoms with van der Waals surface area (Å²) in [6.45, 7) is 11.0. The minimum atomic E-state index is -0.170. The van der Waals surface area contributed by atoms with E-state index in [4.69, 9.17) is 4.74 Å². The van der Waals surface area contributed by atoms with Crippen LogP contribution in [0.3, 0.4) is 0 Å². The monoisotopic (exact) mass is 394 g/mol. The molecule has 0 spiro atoms. The summed E-state index contributed by atoms with van der Waals surface area (Å²) in [5.74, 6) is 2.11. The van der Waals surface area contributed by atoms with Crippen LogP contribution in [0.4, 0.5) is 0 Å². The molecule has 1 heterocycles. The fraction of sp³-hybridized carbons (Fsp3) is 0.762. The van der Waals surface area contributed by atoms with Crippen LogP contribution in [0.1, 0.15) is 65.7 Å². The first-order chi connectivity index (χ1) is 11.4. The number of allylic oxidation sites excluding steroid dienone is 1. The minimum Gasteiger partial charge on any atom is -0.458 e. The van der Waals surface area contributed by atoms with Crippen molar-refractivity contribution >= 4 is 21.9 Å². The Morgan fingerprint density at radius 2 is 2.21 bits per heavy atom. The van der Waals surface area contributed by atoms with Crippen molar-refractivity contribution in [3.05, 3.63) is 22.7 Å². The van der Waals surface area contributed by atoms with E-state index in [1.165, 1.54) is 32.1 Å². The predicted octanol–water partition coefficient (Wildman–Crippen LogP) is 6.02. The first kappa shape index (κ1) is 18.2. The van der Waals surface area contributed by atoms with Crippen LogP contribution in [0.5, 0.6) is 0 Å². The summed E-state index contributed by atoms with van der Waals surface area (Å²) < 4.78 is 5.66. The van der Waals surface area contributed by atoms with Gasteiger partial charge in [-0.15, -0.1) is 0 Å². The summed E-state index contributed by atoms with van der Waals surface area (Å²) in [6.07, 6.45) is 8.51. The van der Waals surface area contributed by atoms with Gasteiger partial charge in [-0.25, -0.2) is 4.79 Å². The topological polar surface area (TPSA) is 26.3 Å². The molecular weight excluding hydrogens is 364 g/mol. The Morgan fingerprint density at radius 3 is 2.88 bits per heavy atom. The van der Waals surface area contributed by atoms with Crippen molar-refractivity contribution in [2.24, 2.45) is 29.1 Å². The molecule has 1 aliphatic heterocycles. The van der Waals surface area contributed by atoms with Gasteiger partial charge in [0.25, 0.3) is 0 Å². The Kier molecular flexibility index (Phi) is 5.30. The second kappa shape index (κ2) is 6.97. The summed E-state index contributed by atoms with van der Waals surface area (Å²) in [6, 6.07) is 0. The van der Waals surface area contributed by atoms with Gasteiger partial charge in [-0.05, 0) is 73.1 Å². The molecule has 1 saturated heterocycles. The molecule has 0 unspecified atom stereocenters. The van der Waals surface area contributed by atoms with Crippen molar-refractivity contribution in [3.63, 3.8) is 0 Å². The molecule has 0 aromatic rings. The van der Waals surface area contributed by atoms with Gasteiger partial charge in [0.05, 0.1) is 0 Å². The molecule has 6 atom stereocenters. The molecule has 3 rings (SSSR count). The normalized spacial score (nSPS) is 42.2. The number of fused-ring (bicyclic) bond motifs is 1. The quantitative estimate of drug-likeness (QED) is 0.430. The molecule has 0 bridgehead atoms. The summed E-state index contributed by atoms with van der Waals surface area (Å²) in [4.78, 5) is 14.1. The zero-order chi connectivity index (χ0) is 17.5. The lowest BCUT2D eigenvalue weighted by Crippen LogP contribution is -2.37. The highest BCUT2D eigenvalue weighted by Gasteiger charge is 2.51. The van der Waals surface area contributed by atoms with E-state index in [1.807, 2.05) is 0 Å². The molecule has 2 saturated carbocycles. The highest BCUT2D eigenvalue weighted by Crippen LogP contribution is 2.60. The van der Waals surface area contributed by atoms with Crippen molar-refractivity contribution in [3.8, 4) is 0 Å².